The number of nitrogens with one attached hydrogen (secondary N) is 1. The first-order chi connectivity index (χ1) is 10.0. The second kappa shape index (κ2) is 6.77. The van der Waals surface area contributed by atoms with E-state index in [0.717, 1.165) is 12.3 Å². The highest BCUT2D eigenvalue weighted by Crippen LogP contribution is 2.21. The standard InChI is InChI=1S/C19H25NO/c1-13-6-8-18(14(2)10-13)16(4)20-12-17-7-9-19(21-5)15(3)11-17/h6-11,16,20H,12H2,1-5H3. The van der Waals surface area contributed by atoms with Gasteiger partial charge in [0.25, 0.3) is 0 Å². The predicted molar refractivity (Wildman–Crippen MR) is 88.9 cm³/mol. The maximum absolute atomic E-state index is 5.30. The van der Waals surface area contributed by atoms with Gasteiger partial charge in [-0.25, -0.2) is 0 Å². The maximum atomic E-state index is 5.30. The molecule has 0 aliphatic heterocycles. The fourth-order valence-electron chi connectivity index (χ4n) is 2.74. The Bertz CT molecular complexity index is 619. The lowest BCUT2D eigenvalue weighted by atomic mass is 10.00. The molecule has 0 fully saturated rings. The molecule has 0 aliphatic carbocycles. The van der Waals surface area contributed by atoms with Crippen LogP contribution in [0.5, 0.6) is 5.75 Å². The SMILES string of the molecule is COc1ccc(CNC(C)c2ccc(C)cc2C)cc1C. The van der Waals surface area contributed by atoms with Crippen LogP contribution in [0.4, 0.5) is 0 Å². The first kappa shape index (κ1) is 15.6. The molecule has 0 heterocycles. The first-order valence-electron chi connectivity index (χ1n) is 7.45. The van der Waals surface area contributed by atoms with Crippen molar-refractivity contribution in [2.45, 2.75) is 40.3 Å². The van der Waals surface area contributed by atoms with Gasteiger partial charge in [0, 0.05) is 12.6 Å². The zero-order valence-electron chi connectivity index (χ0n) is 13.7. The van der Waals surface area contributed by atoms with Crippen molar-refractivity contribution in [3.63, 3.8) is 0 Å². The van der Waals surface area contributed by atoms with Crippen LogP contribution in [0.25, 0.3) is 0 Å². The molecular weight excluding hydrogens is 258 g/mol. The molecule has 0 radical (unpaired) electrons. The third-order valence-corrected chi connectivity index (χ3v) is 3.96. The van der Waals surface area contributed by atoms with Gasteiger partial charge in [-0.2, -0.15) is 0 Å². The molecule has 0 amide bonds. The molecule has 21 heavy (non-hydrogen) atoms. The Balaban J connectivity index is 2.03. The lowest BCUT2D eigenvalue weighted by molar-refractivity contribution is 0.411. The van der Waals surface area contributed by atoms with Gasteiger partial charge in [0.05, 0.1) is 7.11 Å². The quantitative estimate of drug-likeness (QED) is 0.874. The number of rotatable bonds is 5. The van der Waals surface area contributed by atoms with Crippen molar-refractivity contribution in [3.8, 4) is 5.75 Å². The van der Waals surface area contributed by atoms with Crippen LogP contribution in [0.3, 0.4) is 0 Å². The van der Waals surface area contributed by atoms with E-state index in [4.69, 9.17) is 4.74 Å². The van der Waals surface area contributed by atoms with Crippen molar-refractivity contribution >= 4 is 0 Å². The zero-order chi connectivity index (χ0) is 15.4. The summed E-state index contributed by atoms with van der Waals surface area (Å²) < 4.78 is 5.30. The molecule has 0 spiro atoms. The average molecular weight is 283 g/mol. The van der Waals surface area contributed by atoms with Gasteiger partial charge < -0.3 is 10.1 Å². The van der Waals surface area contributed by atoms with Gasteiger partial charge in [0.15, 0.2) is 0 Å². The third kappa shape index (κ3) is 3.85. The van der Waals surface area contributed by atoms with E-state index in [1.807, 2.05) is 6.07 Å². The highest BCUT2D eigenvalue weighted by Gasteiger charge is 2.08. The molecule has 1 N–H and O–H groups in total. The fraction of sp³-hybridized carbons (Fsp3) is 0.368. The molecule has 0 saturated carbocycles. The fourth-order valence-corrected chi connectivity index (χ4v) is 2.74. The third-order valence-electron chi connectivity index (χ3n) is 3.96. The average Bonchev–Trinajstić information content (AvgIpc) is 2.45. The van der Waals surface area contributed by atoms with Crippen LogP contribution >= 0.6 is 0 Å². The van der Waals surface area contributed by atoms with Crippen molar-refractivity contribution in [2.75, 3.05) is 7.11 Å². The molecule has 0 bridgehead atoms. The second-order valence-electron chi connectivity index (χ2n) is 5.77. The van der Waals surface area contributed by atoms with Gasteiger partial charge in [0.1, 0.15) is 5.75 Å². The lowest BCUT2D eigenvalue weighted by Gasteiger charge is -2.17. The van der Waals surface area contributed by atoms with Gasteiger partial charge in [-0.15, -0.1) is 0 Å². The Morgan fingerprint density at radius 2 is 1.76 bits per heavy atom. The van der Waals surface area contributed by atoms with Crippen LogP contribution in [0.2, 0.25) is 0 Å². The summed E-state index contributed by atoms with van der Waals surface area (Å²) in [5.41, 5.74) is 6.49. The van der Waals surface area contributed by atoms with Crippen LogP contribution in [-0.2, 0) is 6.54 Å². The van der Waals surface area contributed by atoms with E-state index in [1.165, 1.54) is 27.8 Å². The molecule has 2 rings (SSSR count). The molecule has 0 saturated heterocycles. The Kier molecular flexibility index (Phi) is 5.03. The van der Waals surface area contributed by atoms with E-state index < -0.39 is 0 Å². The van der Waals surface area contributed by atoms with Crippen LogP contribution in [0, 0.1) is 20.8 Å². The van der Waals surface area contributed by atoms with E-state index in [1.54, 1.807) is 7.11 Å². The summed E-state index contributed by atoms with van der Waals surface area (Å²) in [5.74, 6) is 0.946. The van der Waals surface area contributed by atoms with Gasteiger partial charge in [-0.3, -0.25) is 0 Å². The highest BCUT2D eigenvalue weighted by molar-refractivity contribution is 5.36. The largest absolute Gasteiger partial charge is 0.496 e. The van der Waals surface area contributed by atoms with E-state index in [9.17, 15) is 0 Å². The molecule has 0 aliphatic rings. The lowest BCUT2D eigenvalue weighted by Crippen LogP contribution is -2.19. The van der Waals surface area contributed by atoms with Gasteiger partial charge in [-0.1, -0.05) is 35.9 Å². The molecule has 1 unspecified atom stereocenters. The van der Waals surface area contributed by atoms with Crippen molar-refractivity contribution < 1.29 is 4.74 Å². The summed E-state index contributed by atoms with van der Waals surface area (Å²) in [7, 11) is 1.71. The molecule has 2 aromatic carbocycles. The zero-order valence-corrected chi connectivity index (χ0v) is 13.7. The molecular formula is C19H25NO. The minimum Gasteiger partial charge on any atom is -0.496 e. The number of benzene rings is 2. The number of hydrogen-bond donors (Lipinski definition) is 1. The van der Waals surface area contributed by atoms with E-state index >= 15 is 0 Å². The summed E-state index contributed by atoms with van der Waals surface area (Å²) >= 11 is 0. The first-order valence-corrected chi connectivity index (χ1v) is 7.45. The minimum atomic E-state index is 0.341. The Morgan fingerprint density at radius 3 is 2.38 bits per heavy atom. The van der Waals surface area contributed by atoms with Crippen molar-refractivity contribution in [2.24, 2.45) is 0 Å². The molecule has 112 valence electrons. The van der Waals surface area contributed by atoms with E-state index in [0.29, 0.717) is 6.04 Å². The van der Waals surface area contributed by atoms with E-state index in [-0.39, 0.29) is 0 Å². The van der Waals surface area contributed by atoms with Crippen LogP contribution in [-0.4, -0.2) is 7.11 Å². The number of methoxy groups -OCH3 is 1. The summed E-state index contributed by atoms with van der Waals surface area (Å²) in [6.45, 7) is 9.47. The predicted octanol–water partition coefficient (Wildman–Crippen LogP) is 4.47. The summed E-state index contributed by atoms with van der Waals surface area (Å²) in [4.78, 5) is 0. The smallest absolute Gasteiger partial charge is 0.121 e. The molecule has 2 nitrogen and oxygen atoms in total. The molecule has 1 atom stereocenters. The summed E-state index contributed by atoms with van der Waals surface area (Å²) in [6.07, 6.45) is 0. The second-order valence-corrected chi connectivity index (χ2v) is 5.77. The summed E-state index contributed by atoms with van der Waals surface area (Å²) in [6, 6.07) is 13.3. The van der Waals surface area contributed by atoms with Gasteiger partial charge in [0.2, 0.25) is 0 Å². The van der Waals surface area contributed by atoms with Crippen molar-refractivity contribution in [1.82, 2.24) is 5.32 Å². The molecule has 2 aromatic rings. The Morgan fingerprint density at radius 1 is 1.00 bits per heavy atom. The minimum absolute atomic E-state index is 0.341. The Labute approximate surface area is 128 Å². The normalized spacial score (nSPS) is 12.2. The van der Waals surface area contributed by atoms with Crippen molar-refractivity contribution in [3.05, 3.63) is 64.2 Å². The van der Waals surface area contributed by atoms with Crippen LogP contribution < -0.4 is 10.1 Å². The number of hydrogen-bond acceptors (Lipinski definition) is 2. The number of ether oxygens (including phenoxy) is 1. The Hall–Kier alpha value is -1.80. The highest BCUT2D eigenvalue weighted by atomic mass is 16.5. The number of aryl methyl sites for hydroxylation is 3. The monoisotopic (exact) mass is 283 g/mol. The maximum Gasteiger partial charge on any atom is 0.121 e. The summed E-state index contributed by atoms with van der Waals surface area (Å²) in [5, 5.41) is 3.60. The van der Waals surface area contributed by atoms with Gasteiger partial charge >= 0.3 is 0 Å². The topological polar surface area (TPSA) is 21.3 Å². The van der Waals surface area contributed by atoms with Crippen LogP contribution in [0.15, 0.2) is 36.4 Å². The van der Waals surface area contributed by atoms with Gasteiger partial charge in [-0.05, 0) is 56.0 Å². The van der Waals surface area contributed by atoms with Crippen LogP contribution in [0.1, 0.15) is 40.8 Å². The van der Waals surface area contributed by atoms with Crippen molar-refractivity contribution in [1.29, 1.82) is 0 Å². The molecule has 0 aromatic heterocycles. The van der Waals surface area contributed by atoms with E-state index in [2.05, 4.69) is 63.3 Å². The molecule has 2 heteroatoms.